The Kier molecular flexibility index (Phi) is 4.01. The molecule has 1 aliphatic heterocycles. The molecule has 2 rings (SSSR count). The number of esters is 1. The summed E-state index contributed by atoms with van der Waals surface area (Å²) in [4.78, 5) is 17.9. The van der Waals surface area contributed by atoms with Gasteiger partial charge in [0, 0.05) is 6.54 Å². The lowest BCUT2D eigenvalue weighted by molar-refractivity contribution is -0.154. The third kappa shape index (κ3) is 2.78. The summed E-state index contributed by atoms with van der Waals surface area (Å²) in [6.45, 7) is 3.69. The molecule has 1 saturated heterocycles. The molecule has 1 aromatic heterocycles. The van der Waals surface area contributed by atoms with Gasteiger partial charge >= 0.3 is 5.97 Å². The fourth-order valence-corrected chi connectivity index (χ4v) is 2.95. The maximum atomic E-state index is 11.4. The summed E-state index contributed by atoms with van der Waals surface area (Å²) >= 11 is 5.01. The number of carbonyl (C=O) groups excluding carboxylic acids is 1. The smallest absolute Gasteiger partial charge is 0.336 e. The second kappa shape index (κ2) is 5.32. The van der Waals surface area contributed by atoms with E-state index in [1.54, 1.807) is 11.3 Å². The van der Waals surface area contributed by atoms with Gasteiger partial charge in [-0.3, -0.25) is 0 Å². The first-order valence-electron chi connectivity index (χ1n) is 5.19. The van der Waals surface area contributed by atoms with Crippen molar-refractivity contribution in [2.75, 3.05) is 31.7 Å². The number of halogens is 1. The van der Waals surface area contributed by atoms with Crippen molar-refractivity contribution in [3.8, 4) is 0 Å². The van der Waals surface area contributed by atoms with Crippen LogP contribution in [0.5, 0.6) is 0 Å². The number of hydrogen-bond acceptors (Lipinski definition) is 6. The lowest BCUT2D eigenvalue weighted by Crippen LogP contribution is -2.46. The number of rotatable bonds is 2. The van der Waals surface area contributed by atoms with Crippen LogP contribution in [0, 0.1) is 6.92 Å². The zero-order valence-corrected chi connectivity index (χ0v) is 12.0. The van der Waals surface area contributed by atoms with Gasteiger partial charge in [-0.1, -0.05) is 11.3 Å². The van der Waals surface area contributed by atoms with E-state index in [4.69, 9.17) is 4.74 Å². The van der Waals surface area contributed by atoms with Crippen molar-refractivity contribution in [2.45, 2.75) is 13.0 Å². The van der Waals surface area contributed by atoms with Crippen LogP contribution < -0.4 is 4.90 Å². The SMILES string of the molecule is COC(=O)C1CN(c2nc(C)c(Br)s2)CCO1. The van der Waals surface area contributed by atoms with Crippen LogP contribution in [-0.2, 0) is 14.3 Å². The summed E-state index contributed by atoms with van der Waals surface area (Å²) < 4.78 is 11.1. The molecule has 1 aromatic rings. The van der Waals surface area contributed by atoms with Crippen molar-refractivity contribution in [1.82, 2.24) is 4.98 Å². The molecule has 0 amide bonds. The van der Waals surface area contributed by atoms with E-state index in [0.29, 0.717) is 13.2 Å². The van der Waals surface area contributed by atoms with E-state index in [0.717, 1.165) is 21.2 Å². The number of anilines is 1. The van der Waals surface area contributed by atoms with E-state index in [9.17, 15) is 4.79 Å². The molecule has 0 radical (unpaired) electrons. The highest BCUT2D eigenvalue weighted by molar-refractivity contribution is 9.11. The monoisotopic (exact) mass is 320 g/mol. The van der Waals surface area contributed by atoms with Gasteiger partial charge in [0.2, 0.25) is 0 Å². The van der Waals surface area contributed by atoms with Crippen LogP contribution in [0.25, 0.3) is 0 Å². The van der Waals surface area contributed by atoms with Crippen LogP contribution >= 0.6 is 27.3 Å². The number of hydrogen-bond donors (Lipinski definition) is 0. The summed E-state index contributed by atoms with van der Waals surface area (Å²) in [6, 6.07) is 0. The van der Waals surface area contributed by atoms with Crippen LogP contribution in [0.4, 0.5) is 5.13 Å². The Morgan fingerprint density at radius 1 is 1.71 bits per heavy atom. The third-order valence-corrected chi connectivity index (χ3v) is 4.60. The number of morpholine rings is 1. The van der Waals surface area contributed by atoms with Crippen LogP contribution in [-0.4, -0.2) is 43.9 Å². The van der Waals surface area contributed by atoms with Crippen molar-refractivity contribution < 1.29 is 14.3 Å². The fourth-order valence-electron chi connectivity index (χ4n) is 1.60. The van der Waals surface area contributed by atoms with Crippen molar-refractivity contribution in [1.29, 1.82) is 0 Å². The summed E-state index contributed by atoms with van der Waals surface area (Å²) in [6.07, 6.45) is -0.517. The second-order valence-electron chi connectivity index (χ2n) is 3.68. The first kappa shape index (κ1) is 12.8. The minimum absolute atomic E-state index is 0.331. The number of ether oxygens (including phenoxy) is 2. The third-order valence-electron chi connectivity index (χ3n) is 2.53. The van der Waals surface area contributed by atoms with E-state index in [1.807, 2.05) is 11.8 Å². The van der Waals surface area contributed by atoms with E-state index in [1.165, 1.54) is 7.11 Å². The average molecular weight is 321 g/mol. The molecule has 7 heteroatoms. The minimum atomic E-state index is -0.517. The molecule has 94 valence electrons. The second-order valence-corrected chi connectivity index (χ2v) is 5.98. The highest BCUT2D eigenvalue weighted by atomic mass is 79.9. The summed E-state index contributed by atoms with van der Waals surface area (Å²) in [5.74, 6) is -0.331. The van der Waals surface area contributed by atoms with Gasteiger partial charge in [-0.05, 0) is 22.9 Å². The predicted molar refractivity (Wildman–Crippen MR) is 68.5 cm³/mol. The maximum absolute atomic E-state index is 11.4. The number of methoxy groups -OCH3 is 1. The molecule has 1 aliphatic rings. The van der Waals surface area contributed by atoms with Gasteiger partial charge in [0.1, 0.15) is 0 Å². The molecule has 0 N–H and O–H groups in total. The quantitative estimate of drug-likeness (QED) is 0.775. The Balaban J connectivity index is 2.09. The molecular weight excluding hydrogens is 308 g/mol. The molecule has 0 aromatic carbocycles. The van der Waals surface area contributed by atoms with Gasteiger partial charge in [-0.15, -0.1) is 0 Å². The molecule has 2 heterocycles. The average Bonchev–Trinajstić information content (AvgIpc) is 2.69. The van der Waals surface area contributed by atoms with E-state index in [2.05, 4.69) is 25.7 Å². The van der Waals surface area contributed by atoms with Gasteiger partial charge in [0.25, 0.3) is 0 Å². The number of thiazole rings is 1. The van der Waals surface area contributed by atoms with E-state index in [-0.39, 0.29) is 5.97 Å². The van der Waals surface area contributed by atoms with Crippen molar-refractivity contribution >= 4 is 38.4 Å². The summed E-state index contributed by atoms with van der Waals surface area (Å²) in [5.41, 5.74) is 0.964. The maximum Gasteiger partial charge on any atom is 0.336 e. The molecule has 0 saturated carbocycles. The number of aryl methyl sites for hydroxylation is 1. The summed E-state index contributed by atoms with van der Waals surface area (Å²) in [5, 5.41) is 0.909. The normalized spacial score (nSPS) is 20.4. The fraction of sp³-hybridized carbons (Fsp3) is 0.600. The van der Waals surface area contributed by atoms with Crippen LogP contribution in [0.3, 0.4) is 0 Å². The van der Waals surface area contributed by atoms with E-state index >= 15 is 0 Å². The summed E-state index contributed by atoms with van der Waals surface area (Å²) in [7, 11) is 1.37. The largest absolute Gasteiger partial charge is 0.467 e. The molecule has 1 atom stereocenters. The van der Waals surface area contributed by atoms with Gasteiger partial charge in [-0.25, -0.2) is 9.78 Å². The molecular formula is C10H13BrN2O3S. The zero-order chi connectivity index (χ0) is 12.4. The highest BCUT2D eigenvalue weighted by Gasteiger charge is 2.28. The lowest BCUT2D eigenvalue weighted by atomic mass is 10.3. The molecule has 17 heavy (non-hydrogen) atoms. The Hall–Kier alpha value is -0.660. The van der Waals surface area contributed by atoms with Gasteiger partial charge in [0.05, 0.1) is 29.7 Å². The van der Waals surface area contributed by atoms with Crippen LogP contribution in [0.15, 0.2) is 3.79 Å². The number of carbonyl (C=O) groups is 1. The van der Waals surface area contributed by atoms with Crippen LogP contribution in [0.2, 0.25) is 0 Å². The lowest BCUT2D eigenvalue weighted by Gasteiger charge is -2.31. The number of nitrogens with zero attached hydrogens (tertiary/aromatic N) is 2. The van der Waals surface area contributed by atoms with Crippen molar-refractivity contribution in [3.63, 3.8) is 0 Å². The Morgan fingerprint density at radius 3 is 3.06 bits per heavy atom. The van der Waals surface area contributed by atoms with Gasteiger partial charge < -0.3 is 14.4 Å². The molecule has 0 bridgehead atoms. The molecule has 1 unspecified atom stereocenters. The first-order chi connectivity index (χ1) is 8.11. The minimum Gasteiger partial charge on any atom is -0.467 e. The van der Waals surface area contributed by atoms with Gasteiger partial charge in [0.15, 0.2) is 11.2 Å². The molecule has 1 fully saturated rings. The number of aromatic nitrogens is 1. The van der Waals surface area contributed by atoms with Crippen LogP contribution in [0.1, 0.15) is 5.69 Å². The standard InChI is InChI=1S/C10H13BrN2O3S/c1-6-8(11)17-10(12-6)13-3-4-16-7(5-13)9(14)15-2/h7H,3-5H2,1-2H3. The molecule has 0 aliphatic carbocycles. The van der Waals surface area contributed by atoms with Gasteiger partial charge in [-0.2, -0.15) is 0 Å². The van der Waals surface area contributed by atoms with Crippen molar-refractivity contribution in [3.05, 3.63) is 9.48 Å². The first-order valence-corrected chi connectivity index (χ1v) is 6.80. The Morgan fingerprint density at radius 2 is 2.47 bits per heavy atom. The predicted octanol–water partition coefficient (Wildman–Crippen LogP) is 1.59. The Labute approximate surface area is 112 Å². The molecule has 0 spiro atoms. The van der Waals surface area contributed by atoms with E-state index < -0.39 is 6.10 Å². The van der Waals surface area contributed by atoms with Crippen molar-refractivity contribution in [2.24, 2.45) is 0 Å². The highest BCUT2D eigenvalue weighted by Crippen LogP contribution is 2.31. The Bertz CT molecular complexity index is 404. The zero-order valence-electron chi connectivity index (χ0n) is 9.60. The molecule has 5 nitrogen and oxygen atoms in total. The topological polar surface area (TPSA) is 51.7 Å².